The highest BCUT2D eigenvalue weighted by atomic mass is 32.1. The number of ether oxygens (including phenoxy) is 2. The number of aryl methyl sites for hydroxylation is 1. The molecule has 2 heterocycles. The highest BCUT2D eigenvalue weighted by Crippen LogP contribution is 2.29. The number of carbonyl (C=O) groups is 1. The van der Waals surface area contributed by atoms with Gasteiger partial charge in [0.2, 0.25) is 0 Å². The largest absolute Gasteiger partial charge is 0.497 e. The molecule has 2 aromatic carbocycles. The van der Waals surface area contributed by atoms with E-state index in [2.05, 4.69) is 4.99 Å². The van der Waals surface area contributed by atoms with Crippen LogP contribution in [0.4, 0.5) is 0 Å². The van der Waals surface area contributed by atoms with Gasteiger partial charge in [-0.25, -0.2) is 0 Å². The average Bonchev–Trinajstić information content (AvgIpc) is 3.23. The van der Waals surface area contributed by atoms with Gasteiger partial charge in [0.15, 0.2) is 21.9 Å². The minimum absolute atomic E-state index is 0.180. The van der Waals surface area contributed by atoms with Gasteiger partial charge in [-0.05, 0) is 30.3 Å². The van der Waals surface area contributed by atoms with Crippen molar-refractivity contribution in [2.45, 2.75) is 0 Å². The fourth-order valence-electron chi connectivity index (χ4n) is 2.79. The minimum atomic E-state index is -0.433. The van der Waals surface area contributed by atoms with Crippen LogP contribution in [-0.4, -0.2) is 24.7 Å². The number of nitrogens with zero attached hydrogens (tertiary/aromatic N) is 2. The summed E-state index contributed by atoms with van der Waals surface area (Å²) in [6.45, 7) is 0. The van der Waals surface area contributed by atoms with Gasteiger partial charge >= 0.3 is 5.91 Å². The van der Waals surface area contributed by atoms with Crippen molar-refractivity contribution < 1.29 is 18.7 Å². The molecule has 0 aliphatic rings. The first-order chi connectivity index (χ1) is 12.6. The molecule has 132 valence electrons. The average molecular weight is 368 g/mol. The topological polar surface area (TPSA) is 66.0 Å². The van der Waals surface area contributed by atoms with E-state index in [1.54, 1.807) is 26.4 Å². The van der Waals surface area contributed by atoms with Crippen molar-refractivity contribution in [2.75, 3.05) is 14.2 Å². The van der Waals surface area contributed by atoms with Crippen molar-refractivity contribution in [3.05, 3.63) is 53.0 Å². The van der Waals surface area contributed by atoms with E-state index in [-0.39, 0.29) is 5.76 Å². The van der Waals surface area contributed by atoms with E-state index in [9.17, 15) is 4.79 Å². The first kappa shape index (κ1) is 16.4. The summed E-state index contributed by atoms with van der Waals surface area (Å²) in [5, 5.41) is 0.799. The lowest BCUT2D eigenvalue weighted by Gasteiger charge is -1.99. The van der Waals surface area contributed by atoms with Gasteiger partial charge in [0, 0.05) is 12.4 Å². The van der Waals surface area contributed by atoms with Crippen LogP contribution in [0.1, 0.15) is 10.6 Å². The molecule has 0 radical (unpaired) electrons. The molecule has 0 spiro atoms. The molecule has 4 aromatic rings. The third kappa shape index (κ3) is 2.66. The van der Waals surface area contributed by atoms with Gasteiger partial charge in [-0.1, -0.05) is 23.5 Å². The van der Waals surface area contributed by atoms with Crippen LogP contribution in [0.15, 0.2) is 51.9 Å². The molecule has 6 nitrogen and oxygen atoms in total. The number of para-hydroxylation sites is 1. The van der Waals surface area contributed by atoms with Gasteiger partial charge in [-0.15, -0.1) is 0 Å². The summed E-state index contributed by atoms with van der Waals surface area (Å²) in [6.07, 6.45) is 0. The minimum Gasteiger partial charge on any atom is -0.497 e. The van der Waals surface area contributed by atoms with Crippen LogP contribution in [0, 0.1) is 0 Å². The van der Waals surface area contributed by atoms with E-state index in [4.69, 9.17) is 13.9 Å². The van der Waals surface area contributed by atoms with Gasteiger partial charge in [0.05, 0.1) is 24.4 Å². The van der Waals surface area contributed by atoms with Crippen molar-refractivity contribution in [2.24, 2.45) is 12.0 Å². The Morgan fingerprint density at radius 1 is 1.15 bits per heavy atom. The van der Waals surface area contributed by atoms with Crippen LogP contribution >= 0.6 is 11.3 Å². The molecule has 0 unspecified atom stereocenters. The summed E-state index contributed by atoms with van der Waals surface area (Å²) in [5.41, 5.74) is 1.52. The number of fused-ring (bicyclic) bond motifs is 2. The molecule has 26 heavy (non-hydrogen) atoms. The quantitative estimate of drug-likeness (QED) is 0.552. The second-order valence-electron chi connectivity index (χ2n) is 5.68. The van der Waals surface area contributed by atoms with Crippen molar-refractivity contribution >= 4 is 38.4 Å². The van der Waals surface area contributed by atoms with Crippen molar-refractivity contribution in [3.8, 4) is 11.5 Å². The predicted molar refractivity (Wildman–Crippen MR) is 100 cm³/mol. The van der Waals surface area contributed by atoms with Gasteiger partial charge in [-0.3, -0.25) is 4.79 Å². The summed E-state index contributed by atoms with van der Waals surface area (Å²) in [7, 11) is 5.06. The maximum Gasteiger partial charge on any atom is 0.315 e. The van der Waals surface area contributed by atoms with Gasteiger partial charge in [0.1, 0.15) is 5.75 Å². The third-order valence-electron chi connectivity index (χ3n) is 4.15. The molecule has 0 atom stereocenters. The second kappa shape index (κ2) is 6.34. The molecular formula is C19H16N2O4S. The summed E-state index contributed by atoms with van der Waals surface area (Å²) in [5.74, 6) is 1.10. The Bertz CT molecular complexity index is 1200. The molecule has 7 heteroatoms. The third-order valence-corrected chi connectivity index (χ3v) is 5.25. The molecule has 2 aromatic heterocycles. The van der Waals surface area contributed by atoms with Crippen LogP contribution in [0.2, 0.25) is 0 Å². The normalized spacial score (nSPS) is 12.0. The van der Waals surface area contributed by atoms with E-state index in [1.165, 1.54) is 11.3 Å². The van der Waals surface area contributed by atoms with Crippen molar-refractivity contribution in [1.82, 2.24) is 4.57 Å². The summed E-state index contributed by atoms with van der Waals surface area (Å²) >= 11 is 1.42. The smallest absolute Gasteiger partial charge is 0.315 e. The fraction of sp³-hybridized carbons (Fsp3) is 0.158. The Labute approximate surface area is 152 Å². The fourth-order valence-corrected chi connectivity index (χ4v) is 3.84. The van der Waals surface area contributed by atoms with Crippen molar-refractivity contribution in [1.29, 1.82) is 0 Å². The Balaban J connectivity index is 1.80. The number of methoxy groups -OCH3 is 2. The zero-order chi connectivity index (χ0) is 18.3. The molecule has 0 fully saturated rings. The number of hydrogen-bond acceptors (Lipinski definition) is 5. The number of rotatable bonds is 3. The van der Waals surface area contributed by atoms with Crippen LogP contribution in [0.3, 0.4) is 0 Å². The lowest BCUT2D eigenvalue weighted by molar-refractivity contribution is 0.0973. The summed E-state index contributed by atoms with van der Waals surface area (Å²) in [4.78, 5) is 17.4. The molecular weight excluding hydrogens is 352 g/mol. The van der Waals surface area contributed by atoms with Crippen LogP contribution in [0.5, 0.6) is 11.5 Å². The van der Waals surface area contributed by atoms with E-state index in [0.29, 0.717) is 16.1 Å². The lowest BCUT2D eigenvalue weighted by atomic mass is 10.2. The Kier molecular flexibility index (Phi) is 4.00. The summed E-state index contributed by atoms with van der Waals surface area (Å²) < 4.78 is 19.1. The summed E-state index contributed by atoms with van der Waals surface area (Å²) in [6, 6.07) is 12.9. The highest BCUT2D eigenvalue weighted by Gasteiger charge is 2.15. The number of furan rings is 1. The maximum absolute atomic E-state index is 12.6. The maximum atomic E-state index is 12.6. The first-order valence-corrected chi connectivity index (χ1v) is 8.71. The van der Waals surface area contributed by atoms with Crippen LogP contribution in [-0.2, 0) is 7.05 Å². The molecule has 0 aliphatic heterocycles. The molecule has 0 bridgehead atoms. The van der Waals surface area contributed by atoms with Crippen molar-refractivity contribution in [3.63, 3.8) is 0 Å². The zero-order valence-corrected chi connectivity index (χ0v) is 15.3. The van der Waals surface area contributed by atoms with E-state index >= 15 is 0 Å². The number of thiazole rings is 1. The van der Waals surface area contributed by atoms with E-state index < -0.39 is 5.91 Å². The molecule has 1 amide bonds. The molecule has 0 N–H and O–H groups in total. The number of amides is 1. The lowest BCUT2D eigenvalue weighted by Crippen LogP contribution is -2.12. The van der Waals surface area contributed by atoms with Gasteiger partial charge < -0.3 is 18.5 Å². The van der Waals surface area contributed by atoms with Gasteiger partial charge in [-0.2, -0.15) is 4.99 Å². The standard InChI is InChI=1S/C19H16N2O4S/c1-21-13-8-7-12(23-2)10-16(13)26-19(21)20-18(22)15-9-11-5-4-6-14(24-3)17(11)25-15/h4-10H,1-3H3. The highest BCUT2D eigenvalue weighted by molar-refractivity contribution is 7.16. The second-order valence-corrected chi connectivity index (χ2v) is 6.69. The molecule has 0 aliphatic carbocycles. The Hall–Kier alpha value is -3.06. The van der Waals surface area contributed by atoms with E-state index in [1.807, 2.05) is 41.9 Å². The number of aromatic nitrogens is 1. The van der Waals surface area contributed by atoms with Gasteiger partial charge in [0.25, 0.3) is 0 Å². The Morgan fingerprint density at radius 2 is 2.00 bits per heavy atom. The SMILES string of the molecule is COc1ccc2c(c1)sc(=NC(=O)c1cc3cccc(OC)c3o1)n2C. The molecule has 0 saturated carbocycles. The monoisotopic (exact) mass is 368 g/mol. The zero-order valence-electron chi connectivity index (χ0n) is 14.5. The van der Waals surface area contributed by atoms with Crippen LogP contribution in [0.25, 0.3) is 21.2 Å². The van der Waals surface area contributed by atoms with E-state index in [0.717, 1.165) is 21.4 Å². The van der Waals surface area contributed by atoms with Crippen LogP contribution < -0.4 is 14.3 Å². The first-order valence-electron chi connectivity index (χ1n) is 7.90. The molecule has 0 saturated heterocycles. The number of carbonyl (C=O) groups excluding carboxylic acids is 1. The number of hydrogen-bond donors (Lipinski definition) is 0. The predicted octanol–water partition coefficient (Wildman–Crippen LogP) is 3.74. The molecule has 4 rings (SSSR count). The number of benzene rings is 2. The Morgan fingerprint density at radius 3 is 2.77 bits per heavy atom.